The Hall–Kier alpha value is -0.840. The molecule has 1 heterocycles. The molecule has 90 valence electrons. The van der Waals surface area contributed by atoms with Gasteiger partial charge in [-0.15, -0.1) is 0 Å². The van der Waals surface area contributed by atoms with Gasteiger partial charge >= 0.3 is 0 Å². The van der Waals surface area contributed by atoms with Gasteiger partial charge < -0.3 is 5.73 Å². The highest BCUT2D eigenvalue weighted by atomic mass is 79.9. The lowest BCUT2D eigenvalue weighted by atomic mass is 10.0. The Kier molecular flexibility index (Phi) is 3.86. The quantitative estimate of drug-likeness (QED) is 0.946. The van der Waals surface area contributed by atoms with Crippen molar-refractivity contribution in [1.82, 2.24) is 9.78 Å². The number of nitrogens with two attached hydrogens (primary N) is 1. The van der Waals surface area contributed by atoms with Crippen LogP contribution in [0, 0.1) is 0 Å². The fraction of sp³-hybridized carbons (Fsp3) is 0.250. The summed E-state index contributed by atoms with van der Waals surface area (Å²) in [5.74, 6) is 0. The molecule has 17 heavy (non-hydrogen) atoms. The van der Waals surface area contributed by atoms with Crippen LogP contribution < -0.4 is 5.73 Å². The van der Waals surface area contributed by atoms with Gasteiger partial charge in [-0.1, -0.05) is 29.8 Å². The van der Waals surface area contributed by atoms with E-state index in [0.29, 0.717) is 6.42 Å². The summed E-state index contributed by atoms with van der Waals surface area (Å²) in [6.07, 6.45) is 2.44. The third kappa shape index (κ3) is 2.70. The summed E-state index contributed by atoms with van der Waals surface area (Å²) in [5, 5.41) is 4.91. The van der Waals surface area contributed by atoms with Crippen LogP contribution in [0.25, 0.3) is 0 Å². The van der Waals surface area contributed by atoms with Crippen LogP contribution in [0.3, 0.4) is 0 Å². The lowest BCUT2D eigenvalue weighted by Gasteiger charge is -2.14. The minimum Gasteiger partial charge on any atom is -0.322 e. The van der Waals surface area contributed by atoms with Crippen molar-refractivity contribution in [1.29, 1.82) is 0 Å². The molecule has 2 aromatic rings. The summed E-state index contributed by atoms with van der Waals surface area (Å²) in [7, 11) is 1.88. The fourth-order valence-corrected chi connectivity index (χ4v) is 2.69. The van der Waals surface area contributed by atoms with E-state index in [2.05, 4.69) is 21.0 Å². The first-order valence-electron chi connectivity index (χ1n) is 5.26. The Labute approximate surface area is 114 Å². The van der Waals surface area contributed by atoms with E-state index in [4.69, 9.17) is 17.3 Å². The standard InChI is InChI=1S/C12H13BrClN3/c1-17-12(9(13)7-16-17)11(15)6-8-4-2-3-5-10(8)14/h2-5,7,11H,6,15H2,1H3. The molecule has 5 heteroatoms. The average Bonchev–Trinajstić information content (AvgIpc) is 2.62. The Balaban J connectivity index is 2.23. The highest BCUT2D eigenvalue weighted by Gasteiger charge is 2.16. The van der Waals surface area contributed by atoms with Crippen LogP contribution in [0.2, 0.25) is 5.02 Å². The molecule has 1 aromatic heterocycles. The van der Waals surface area contributed by atoms with E-state index in [9.17, 15) is 0 Å². The normalized spacial score (nSPS) is 12.7. The van der Waals surface area contributed by atoms with Crippen molar-refractivity contribution in [3.8, 4) is 0 Å². The minimum atomic E-state index is -0.128. The smallest absolute Gasteiger partial charge is 0.0693 e. The van der Waals surface area contributed by atoms with Crippen LogP contribution >= 0.6 is 27.5 Å². The van der Waals surface area contributed by atoms with E-state index in [1.807, 2.05) is 31.3 Å². The average molecular weight is 315 g/mol. The van der Waals surface area contributed by atoms with Crippen LogP contribution in [0.4, 0.5) is 0 Å². The molecule has 0 radical (unpaired) electrons. The summed E-state index contributed by atoms with van der Waals surface area (Å²) in [4.78, 5) is 0. The molecule has 2 N–H and O–H groups in total. The Morgan fingerprint density at radius 1 is 1.47 bits per heavy atom. The van der Waals surface area contributed by atoms with Gasteiger partial charge in [0.25, 0.3) is 0 Å². The lowest BCUT2D eigenvalue weighted by molar-refractivity contribution is 0.615. The molecule has 0 aliphatic rings. The van der Waals surface area contributed by atoms with Gasteiger partial charge in [-0.25, -0.2) is 0 Å². The zero-order chi connectivity index (χ0) is 12.4. The van der Waals surface area contributed by atoms with Crippen molar-refractivity contribution in [3.63, 3.8) is 0 Å². The predicted octanol–water partition coefficient (Wildman–Crippen LogP) is 3.08. The topological polar surface area (TPSA) is 43.8 Å². The number of hydrogen-bond acceptors (Lipinski definition) is 2. The van der Waals surface area contributed by atoms with Gasteiger partial charge in [0.2, 0.25) is 0 Å². The summed E-state index contributed by atoms with van der Waals surface area (Å²) in [5.41, 5.74) is 8.22. The summed E-state index contributed by atoms with van der Waals surface area (Å²) in [6, 6.07) is 7.62. The maximum Gasteiger partial charge on any atom is 0.0693 e. The fourth-order valence-electron chi connectivity index (χ4n) is 1.83. The van der Waals surface area contributed by atoms with Gasteiger partial charge in [-0.2, -0.15) is 5.10 Å². The highest BCUT2D eigenvalue weighted by molar-refractivity contribution is 9.10. The van der Waals surface area contributed by atoms with Crippen molar-refractivity contribution in [3.05, 3.63) is 51.2 Å². The van der Waals surface area contributed by atoms with Crippen LogP contribution in [-0.2, 0) is 13.5 Å². The third-order valence-corrected chi connectivity index (χ3v) is 3.67. The van der Waals surface area contributed by atoms with Crippen molar-refractivity contribution in [2.24, 2.45) is 12.8 Å². The minimum absolute atomic E-state index is 0.128. The van der Waals surface area contributed by atoms with Crippen LogP contribution in [0.5, 0.6) is 0 Å². The SMILES string of the molecule is Cn1ncc(Br)c1C(N)Cc1ccccc1Cl. The van der Waals surface area contributed by atoms with Crippen LogP contribution in [0.1, 0.15) is 17.3 Å². The number of nitrogens with zero attached hydrogens (tertiary/aromatic N) is 2. The van der Waals surface area contributed by atoms with Crippen molar-refractivity contribution in [2.45, 2.75) is 12.5 Å². The van der Waals surface area contributed by atoms with Gasteiger partial charge in [-0.05, 0) is 34.0 Å². The van der Waals surface area contributed by atoms with E-state index in [1.165, 1.54) is 0 Å². The molecule has 0 amide bonds. The van der Waals surface area contributed by atoms with Gasteiger partial charge in [0.1, 0.15) is 0 Å². The first-order valence-corrected chi connectivity index (χ1v) is 6.43. The number of aromatic nitrogens is 2. The van der Waals surface area contributed by atoms with Crippen molar-refractivity contribution < 1.29 is 0 Å². The molecule has 0 saturated heterocycles. The summed E-state index contributed by atoms with van der Waals surface area (Å²) in [6.45, 7) is 0. The number of rotatable bonds is 3. The molecule has 0 bridgehead atoms. The van der Waals surface area contributed by atoms with E-state index in [0.717, 1.165) is 20.8 Å². The van der Waals surface area contributed by atoms with Crippen molar-refractivity contribution in [2.75, 3.05) is 0 Å². The largest absolute Gasteiger partial charge is 0.322 e. The molecule has 1 aromatic carbocycles. The first kappa shape index (κ1) is 12.6. The first-order chi connectivity index (χ1) is 8.09. The zero-order valence-electron chi connectivity index (χ0n) is 9.40. The van der Waals surface area contributed by atoms with E-state index < -0.39 is 0 Å². The molecule has 2 rings (SSSR count). The van der Waals surface area contributed by atoms with Crippen molar-refractivity contribution >= 4 is 27.5 Å². The van der Waals surface area contributed by atoms with Gasteiger partial charge in [-0.3, -0.25) is 4.68 Å². The number of hydrogen-bond donors (Lipinski definition) is 1. The van der Waals surface area contributed by atoms with Gasteiger partial charge in [0.15, 0.2) is 0 Å². The van der Waals surface area contributed by atoms with E-state index >= 15 is 0 Å². The predicted molar refractivity (Wildman–Crippen MR) is 73.0 cm³/mol. The Bertz CT molecular complexity index is 505. The van der Waals surface area contributed by atoms with Gasteiger partial charge in [0, 0.05) is 12.1 Å². The molecule has 0 fully saturated rings. The molecule has 1 atom stereocenters. The molecule has 0 spiro atoms. The monoisotopic (exact) mass is 313 g/mol. The molecule has 3 nitrogen and oxygen atoms in total. The zero-order valence-corrected chi connectivity index (χ0v) is 11.7. The summed E-state index contributed by atoms with van der Waals surface area (Å²) < 4.78 is 2.71. The molecule has 0 aliphatic carbocycles. The molecule has 0 aliphatic heterocycles. The highest BCUT2D eigenvalue weighted by Crippen LogP contribution is 2.26. The van der Waals surface area contributed by atoms with Crippen LogP contribution in [-0.4, -0.2) is 9.78 Å². The Morgan fingerprint density at radius 2 is 2.18 bits per heavy atom. The third-order valence-electron chi connectivity index (χ3n) is 2.69. The second-order valence-electron chi connectivity index (χ2n) is 3.90. The van der Waals surface area contributed by atoms with E-state index in [-0.39, 0.29) is 6.04 Å². The van der Waals surface area contributed by atoms with Crippen LogP contribution in [0.15, 0.2) is 34.9 Å². The van der Waals surface area contributed by atoms with Gasteiger partial charge in [0.05, 0.1) is 22.4 Å². The Morgan fingerprint density at radius 3 is 2.76 bits per heavy atom. The number of halogens is 2. The molecule has 1 unspecified atom stereocenters. The number of aryl methyl sites for hydroxylation is 1. The maximum absolute atomic E-state index is 6.19. The molecular weight excluding hydrogens is 302 g/mol. The number of benzene rings is 1. The molecular formula is C12H13BrClN3. The maximum atomic E-state index is 6.19. The second-order valence-corrected chi connectivity index (χ2v) is 5.16. The molecule has 0 saturated carbocycles. The second kappa shape index (κ2) is 5.21. The van der Waals surface area contributed by atoms with E-state index in [1.54, 1.807) is 10.9 Å². The summed E-state index contributed by atoms with van der Waals surface area (Å²) >= 11 is 9.57. The lowest BCUT2D eigenvalue weighted by Crippen LogP contribution is -2.17.